The fourth-order valence-corrected chi connectivity index (χ4v) is 2.41. The minimum Gasteiger partial charge on any atom is -0.329 e. The summed E-state index contributed by atoms with van der Waals surface area (Å²) in [5.74, 6) is -2.78. The van der Waals surface area contributed by atoms with Gasteiger partial charge in [-0.3, -0.25) is 9.80 Å². The summed E-state index contributed by atoms with van der Waals surface area (Å²) in [7, 11) is 0. The smallest absolute Gasteiger partial charge is 0.285 e. The molecule has 1 saturated heterocycles. The number of nitrogens with two attached hydrogens (primary N) is 1. The van der Waals surface area contributed by atoms with Crippen molar-refractivity contribution in [2.24, 2.45) is 5.73 Å². The van der Waals surface area contributed by atoms with Crippen LogP contribution in [0.5, 0.6) is 0 Å². The highest BCUT2D eigenvalue weighted by Gasteiger charge is 2.34. The summed E-state index contributed by atoms with van der Waals surface area (Å²) in [6, 6.07) is 8.05. The molecule has 0 bridgehead atoms. The summed E-state index contributed by atoms with van der Waals surface area (Å²) in [6.07, 6.45) is 0. The number of piperazine rings is 1. The van der Waals surface area contributed by atoms with Crippen molar-refractivity contribution in [2.75, 3.05) is 45.8 Å². The van der Waals surface area contributed by atoms with Gasteiger partial charge in [-0.05, 0) is 0 Å². The first-order chi connectivity index (χ1) is 9.12. The number of nitrogens with zero attached hydrogens (tertiary/aromatic N) is 2. The Balaban J connectivity index is 1.88. The summed E-state index contributed by atoms with van der Waals surface area (Å²) in [5.41, 5.74) is 5.59. The van der Waals surface area contributed by atoms with E-state index in [1.807, 2.05) is 4.90 Å². The highest BCUT2D eigenvalue weighted by molar-refractivity contribution is 5.20. The molecule has 2 rings (SSSR count). The maximum Gasteiger partial charge on any atom is 0.285 e. The number of halogens is 2. The average molecular weight is 269 g/mol. The highest BCUT2D eigenvalue weighted by Crippen LogP contribution is 2.28. The normalized spacial score (nSPS) is 18.7. The van der Waals surface area contributed by atoms with Crippen molar-refractivity contribution in [1.82, 2.24) is 9.80 Å². The molecular formula is C14H21F2N3. The molecular weight excluding hydrogens is 248 g/mol. The van der Waals surface area contributed by atoms with Gasteiger partial charge in [0.25, 0.3) is 5.92 Å². The van der Waals surface area contributed by atoms with Crippen molar-refractivity contribution >= 4 is 0 Å². The van der Waals surface area contributed by atoms with Gasteiger partial charge in [0.15, 0.2) is 0 Å². The molecule has 1 aromatic rings. The SMILES string of the molecule is NCCN1CCN(CC(F)(F)c2ccccc2)CC1. The predicted molar refractivity (Wildman–Crippen MR) is 72.3 cm³/mol. The lowest BCUT2D eigenvalue weighted by Gasteiger charge is -2.36. The second kappa shape index (κ2) is 6.41. The lowest BCUT2D eigenvalue weighted by Crippen LogP contribution is -2.50. The summed E-state index contributed by atoms with van der Waals surface area (Å²) < 4.78 is 28.2. The fraction of sp³-hybridized carbons (Fsp3) is 0.571. The summed E-state index contributed by atoms with van der Waals surface area (Å²) in [4.78, 5) is 4.05. The Hall–Kier alpha value is -1.04. The zero-order chi connectivity index (χ0) is 13.7. The van der Waals surface area contributed by atoms with E-state index in [0.29, 0.717) is 19.6 Å². The molecule has 0 atom stereocenters. The molecule has 19 heavy (non-hydrogen) atoms. The Bertz CT molecular complexity index is 376. The number of benzene rings is 1. The molecule has 1 aliphatic rings. The van der Waals surface area contributed by atoms with Crippen molar-refractivity contribution in [3.63, 3.8) is 0 Å². The van der Waals surface area contributed by atoms with Crippen LogP contribution in [0.2, 0.25) is 0 Å². The van der Waals surface area contributed by atoms with Crippen LogP contribution in [0.15, 0.2) is 30.3 Å². The van der Waals surface area contributed by atoms with Crippen molar-refractivity contribution in [3.8, 4) is 0 Å². The minimum absolute atomic E-state index is 0.0967. The largest absolute Gasteiger partial charge is 0.329 e. The van der Waals surface area contributed by atoms with Crippen LogP contribution in [0.1, 0.15) is 5.56 Å². The molecule has 0 radical (unpaired) electrons. The van der Waals surface area contributed by atoms with Crippen LogP contribution >= 0.6 is 0 Å². The number of hydrogen-bond donors (Lipinski definition) is 1. The molecule has 0 saturated carbocycles. The predicted octanol–water partition coefficient (Wildman–Crippen LogP) is 1.35. The molecule has 0 amide bonds. The third-order valence-corrected chi connectivity index (χ3v) is 3.53. The second-order valence-electron chi connectivity index (χ2n) is 4.98. The summed E-state index contributed by atoms with van der Waals surface area (Å²) in [6.45, 7) is 4.28. The lowest BCUT2D eigenvalue weighted by atomic mass is 10.1. The van der Waals surface area contributed by atoms with E-state index in [9.17, 15) is 8.78 Å². The Morgan fingerprint density at radius 1 is 1.00 bits per heavy atom. The molecule has 1 fully saturated rings. The van der Waals surface area contributed by atoms with Crippen molar-refractivity contribution < 1.29 is 8.78 Å². The topological polar surface area (TPSA) is 32.5 Å². The van der Waals surface area contributed by atoms with E-state index in [2.05, 4.69) is 4.90 Å². The maximum absolute atomic E-state index is 14.1. The van der Waals surface area contributed by atoms with Gasteiger partial charge in [0.05, 0.1) is 6.54 Å². The van der Waals surface area contributed by atoms with Gasteiger partial charge in [0.1, 0.15) is 0 Å². The van der Waals surface area contributed by atoms with Gasteiger partial charge in [-0.25, -0.2) is 0 Å². The second-order valence-corrected chi connectivity index (χ2v) is 4.98. The van der Waals surface area contributed by atoms with Gasteiger partial charge in [0.2, 0.25) is 0 Å². The zero-order valence-electron chi connectivity index (χ0n) is 11.1. The van der Waals surface area contributed by atoms with Crippen LogP contribution in [0.3, 0.4) is 0 Å². The standard InChI is InChI=1S/C14H21F2N3/c15-14(16,13-4-2-1-3-5-13)12-19-10-8-18(7-6-17)9-11-19/h1-5H,6-12,17H2. The van der Waals surface area contributed by atoms with Crippen LogP contribution in [-0.2, 0) is 5.92 Å². The van der Waals surface area contributed by atoms with Gasteiger partial charge >= 0.3 is 0 Å². The molecule has 0 spiro atoms. The number of alkyl halides is 2. The quantitative estimate of drug-likeness (QED) is 0.876. The van der Waals surface area contributed by atoms with Gasteiger partial charge in [-0.1, -0.05) is 30.3 Å². The van der Waals surface area contributed by atoms with Crippen LogP contribution in [0.25, 0.3) is 0 Å². The number of hydrogen-bond acceptors (Lipinski definition) is 3. The molecule has 1 aromatic carbocycles. The van der Waals surface area contributed by atoms with E-state index in [4.69, 9.17) is 5.73 Å². The average Bonchev–Trinajstić information content (AvgIpc) is 2.42. The van der Waals surface area contributed by atoms with E-state index in [0.717, 1.165) is 19.6 Å². The molecule has 5 heteroatoms. The van der Waals surface area contributed by atoms with Gasteiger partial charge < -0.3 is 5.73 Å². The molecule has 1 aliphatic heterocycles. The Labute approximate surface area is 113 Å². The van der Waals surface area contributed by atoms with Crippen LogP contribution < -0.4 is 5.73 Å². The van der Waals surface area contributed by atoms with E-state index in [1.165, 1.54) is 12.1 Å². The third-order valence-electron chi connectivity index (χ3n) is 3.53. The van der Waals surface area contributed by atoms with E-state index in [-0.39, 0.29) is 12.1 Å². The van der Waals surface area contributed by atoms with Crippen LogP contribution in [-0.4, -0.2) is 55.6 Å². The fourth-order valence-electron chi connectivity index (χ4n) is 2.41. The molecule has 0 aromatic heterocycles. The van der Waals surface area contributed by atoms with E-state index >= 15 is 0 Å². The van der Waals surface area contributed by atoms with Crippen molar-refractivity contribution in [1.29, 1.82) is 0 Å². The molecule has 2 N–H and O–H groups in total. The Morgan fingerprint density at radius 2 is 1.58 bits per heavy atom. The van der Waals surface area contributed by atoms with Crippen molar-refractivity contribution in [2.45, 2.75) is 5.92 Å². The summed E-state index contributed by atoms with van der Waals surface area (Å²) in [5, 5.41) is 0. The Kier molecular flexibility index (Phi) is 4.85. The lowest BCUT2D eigenvalue weighted by molar-refractivity contribution is -0.0470. The maximum atomic E-state index is 14.1. The monoisotopic (exact) mass is 269 g/mol. The molecule has 0 unspecified atom stereocenters. The minimum atomic E-state index is -2.78. The molecule has 0 aliphatic carbocycles. The first-order valence-electron chi connectivity index (χ1n) is 6.70. The van der Waals surface area contributed by atoms with E-state index in [1.54, 1.807) is 18.2 Å². The van der Waals surface area contributed by atoms with Gasteiger partial charge in [0, 0.05) is 44.8 Å². The van der Waals surface area contributed by atoms with E-state index < -0.39 is 5.92 Å². The zero-order valence-corrected chi connectivity index (χ0v) is 11.1. The molecule has 106 valence electrons. The summed E-state index contributed by atoms with van der Waals surface area (Å²) >= 11 is 0. The first kappa shape index (κ1) is 14.4. The first-order valence-corrected chi connectivity index (χ1v) is 6.70. The van der Waals surface area contributed by atoms with Crippen LogP contribution in [0, 0.1) is 0 Å². The highest BCUT2D eigenvalue weighted by atomic mass is 19.3. The van der Waals surface area contributed by atoms with Crippen molar-refractivity contribution in [3.05, 3.63) is 35.9 Å². The molecule has 1 heterocycles. The van der Waals surface area contributed by atoms with Gasteiger partial charge in [-0.15, -0.1) is 0 Å². The molecule has 3 nitrogen and oxygen atoms in total. The number of rotatable bonds is 5. The van der Waals surface area contributed by atoms with Crippen LogP contribution in [0.4, 0.5) is 8.78 Å². The Morgan fingerprint density at radius 3 is 2.16 bits per heavy atom. The third kappa shape index (κ3) is 3.96. The van der Waals surface area contributed by atoms with Gasteiger partial charge in [-0.2, -0.15) is 8.78 Å².